The molecule has 0 bridgehead atoms. The summed E-state index contributed by atoms with van der Waals surface area (Å²) in [6.45, 7) is 2.63. The van der Waals surface area contributed by atoms with Crippen LogP contribution < -0.4 is 5.32 Å². The molecule has 15 heavy (non-hydrogen) atoms. The van der Waals surface area contributed by atoms with Crippen molar-refractivity contribution in [3.63, 3.8) is 0 Å². The van der Waals surface area contributed by atoms with E-state index in [0.29, 0.717) is 13.1 Å². The first-order valence-corrected chi connectivity index (χ1v) is 4.71. The van der Waals surface area contributed by atoms with Gasteiger partial charge in [0.1, 0.15) is 6.04 Å². The molecule has 2 unspecified atom stereocenters. The van der Waals surface area contributed by atoms with Crippen LogP contribution in [0.5, 0.6) is 0 Å². The number of rotatable bonds is 3. The zero-order valence-corrected chi connectivity index (χ0v) is 8.43. The summed E-state index contributed by atoms with van der Waals surface area (Å²) >= 11 is 0. The van der Waals surface area contributed by atoms with Gasteiger partial charge in [-0.15, -0.1) is 0 Å². The van der Waals surface area contributed by atoms with Crippen LogP contribution in [0.25, 0.3) is 0 Å². The van der Waals surface area contributed by atoms with Gasteiger partial charge in [0, 0.05) is 13.1 Å². The van der Waals surface area contributed by atoms with Crippen molar-refractivity contribution in [3.05, 3.63) is 0 Å². The summed E-state index contributed by atoms with van der Waals surface area (Å²) in [6.07, 6.45) is -0.266. The highest BCUT2D eigenvalue weighted by Gasteiger charge is 2.34. The smallest absolute Gasteiger partial charge is 0.305 e. The highest BCUT2D eigenvalue weighted by Crippen LogP contribution is 2.12. The lowest BCUT2D eigenvalue weighted by atomic mass is 10.1. The topological polar surface area (TPSA) is 93.4 Å². The lowest BCUT2D eigenvalue weighted by Gasteiger charge is -2.35. The van der Waals surface area contributed by atoms with Gasteiger partial charge in [-0.1, -0.05) is 0 Å². The van der Waals surface area contributed by atoms with Crippen molar-refractivity contribution in [2.24, 2.45) is 0 Å². The SMILES string of the molecule is CC(C#N)N1CCNC(=O)C1CC(=O)O. The predicted molar refractivity (Wildman–Crippen MR) is 50.8 cm³/mol. The Morgan fingerprint density at radius 3 is 3.07 bits per heavy atom. The van der Waals surface area contributed by atoms with Gasteiger partial charge < -0.3 is 10.4 Å². The molecule has 2 atom stereocenters. The van der Waals surface area contributed by atoms with Crippen molar-refractivity contribution >= 4 is 11.9 Å². The van der Waals surface area contributed by atoms with E-state index in [-0.39, 0.29) is 12.3 Å². The highest BCUT2D eigenvalue weighted by atomic mass is 16.4. The fourth-order valence-corrected chi connectivity index (χ4v) is 1.65. The minimum Gasteiger partial charge on any atom is -0.481 e. The van der Waals surface area contributed by atoms with E-state index in [1.54, 1.807) is 11.8 Å². The summed E-state index contributed by atoms with van der Waals surface area (Å²) in [5.74, 6) is -1.35. The van der Waals surface area contributed by atoms with Gasteiger partial charge in [0.15, 0.2) is 0 Å². The molecule has 0 aromatic carbocycles. The second kappa shape index (κ2) is 4.75. The Morgan fingerprint density at radius 2 is 2.53 bits per heavy atom. The number of carbonyl (C=O) groups is 2. The summed E-state index contributed by atoms with van der Waals surface area (Å²) in [5, 5.41) is 20.0. The summed E-state index contributed by atoms with van der Waals surface area (Å²) in [6, 6.07) is 0.837. The number of carboxylic acids is 1. The number of amides is 1. The second-order valence-corrected chi connectivity index (χ2v) is 3.45. The van der Waals surface area contributed by atoms with Crippen LogP contribution in [0.15, 0.2) is 0 Å². The lowest BCUT2D eigenvalue weighted by molar-refractivity contribution is -0.143. The summed E-state index contributed by atoms with van der Waals surface area (Å²) in [7, 11) is 0. The maximum Gasteiger partial charge on any atom is 0.305 e. The van der Waals surface area contributed by atoms with E-state index in [0.717, 1.165) is 0 Å². The van der Waals surface area contributed by atoms with Gasteiger partial charge in [0.25, 0.3) is 0 Å². The Labute approximate surface area is 87.5 Å². The molecule has 0 spiro atoms. The number of carbonyl (C=O) groups excluding carboxylic acids is 1. The van der Waals surface area contributed by atoms with E-state index in [4.69, 9.17) is 10.4 Å². The van der Waals surface area contributed by atoms with Gasteiger partial charge in [-0.05, 0) is 6.92 Å². The number of carboxylic acid groups (broad SMARTS) is 1. The maximum atomic E-state index is 11.4. The molecule has 0 aromatic heterocycles. The van der Waals surface area contributed by atoms with Crippen LogP contribution in [-0.4, -0.2) is 47.1 Å². The average molecular weight is 211 g/mol. The van der Waals surface area contributed by atoms with Crippen LogP contribution >= 0.6 is 0 Å². The molecule has 6 heteroatoms. The van der Waals surface area contributed by atoms with Crippen LogP contribution in [-0.2, 0) is 9.59 Å². The number of piperazine rings is 1. The first-order chi connectivity index (χ1) is 7.06. The molecule has 82 valence electrons. The molecule has 2 N–H and O–H groups in total. The normalized spacial score (nSPS) is 24.0. The lowest BCUT2D eigenvalue weighted by Crippen LogP contribution is -2.58. The Balaban J connectivity index is 2.78. The van der Waals surface area contributed by atoms with E-state index < -0.39 is 18.1 Å². The predicted octanol–water partition coefficient (Wildman–Crippen LogP) is -0.826. The second-order valence-electron chi connectivity index (χ2n) is 3.45. The molecule has 1 heterocycles. The molecule has 1 saturated heterocycles. The van der Waals surface area contributed by atoms with Crippen LogP contribution in [0, 0.1) is 11.3 Å². The number of nitrogens with one attached hydrogen (secondary N) is 1. The van der Waals surface area contributed by atoms with Gasteiger partial charge in [0.05, 0.1) is 18.5 Å². The third-order valence-corrected chi connectivity index (χ3v) is 2.42. The fraction of sp³-hybridized carbons (Fsp3) is 0.667. The minimum atomic E-state index is -1.04. The van der Waals surface area contributed by atoms with E-state index in [1.165, 1.54) is 0 Å². The van der Waals surface area contributed by atoms with Gasteiger partial charge in [-0.25, -0.2) is 0 Å². The van der Waals surface area contributed by atoms with E-state index in [9.17, 15) is 9.59 Å². The van der Waals surface area contributed by atoms with E-state index >= 15 is 0 Å². The van der Waals surface area contributed by atoms with Gasteiger partial charge in [-0.2, -0.15) is 5.26 Å². The standard InChI is InChI=1S/C9H13N3O3/c1-6(5-10)12-3-2-11-9(15)7(12)4-8(13)14/h6-7H,2-4H2,1H3,(H,11,15)(H,13,14). The monoisotopic (exact) mass is 211 g/mol. The molecule has 0 radical (unpaired) electrons. The van der Waals surface area contributed by atoms with Gasteiger partial charge in [-0.3, -0.25) is 14.5 Å². The Hall–Kier alpha value is -1.61. The number of nitriles is 1. The average Bonchev–Trinajstić information content (AvgIpc) is 2.19. The van der Waals surface area contributed by atoms with Crippen molar-refractivity contribution in [1.82, 2.24) is 10.2 Å². The van der Waals surface area contributed by atoms with Crippen molar-refractivity contribution in [3.8, 4) is 6.07 Å². The molecule has 1 amide bonds. The Morgan fingerprint density at radius 1 is 1.87 bits per heavy atom. The molecular formula is C9H13N3O3. The molecule has 1 rings (SSSR count). The summed E-state index contributed by atoms with van der Waals surface area (Å²) in [5.41, 5.74) is 0. The van der Waals surface area contributed by atoms with Crippen molar-refractivity contribution in [2.45, 2.75) is 25.4 Å². The first kappa shape index (κ1) is 11.5. The molecule has 1 fully saturated rings. The van der Waals surface area contributed by atoms with Crippen LogP contribution in [0.4, 0.5) is 0 Å². The number of nitrogens with zero attached hydrogens (tertiary/aromatic N) is 2. The number of hydrogen-bond donors (Lipinski definition) is 2. The first-order valence-electron chi connectivity index (χ1n) is 4.71. The third-order valence-electron chi connectivity index (χ3n) is 2.42. The Kier molecular flexibility index (Phi) is 3.63. The van der Waals surface area contributed by atoms with Gasteiger partial charge >= 0.3 is 5.97 Å². The van der Waals surface area contributed by atoms with E-state index in [2.05, 4.69) is 5.32 Å². The quantitative estimate of drug-likeness (QED) is 0.635. The molecule has 6 nitrogen and oxygen atoms in total. The highest BCUT2D eigenvalue weighted by molar-refractivity contribution is 5.86. The number of hydrogen-bond acceptors (Lipinski definition) is 4. The van der Waals surface area contributed by atoms with Crippen molar-refractivity contribution in [1.29, 1.82) is 5.26 Å². The van der Waals surface area contributed by atoms with Gasteiger partial charge in [0.2, 0.25) is 5.91 Å². The van der Waals surface area contributed by atoms with Crippen LogP contribution in [0.1, 0.15) is 13.3 Å². The number of aliphatic carboxylic acids is 1. The van der Waals surface area contributed by atoms with Crippen molar-refractivity contribution < 1.29 is 14.7 Å². The fourth-order valence-electron chi connectivity index (χ4n) is 1.65. The van der Waals surface area contributed by atoms with Crippen molar-refractivity contribution in [2.75, 3.05) is 13.1 Å². The van der Waals surface area contributed by atoms with Crippen LogP contribution in [0.2, 0.25) is 0 Å². The summed E-state index contributed by atoms with van der Waals surface area (Å²) < 4.78 is 0. The Bertz CT molecular complexity index is 310. The third kappa shape index (κ3) is 2.67. The van der Waals surface area contributed by atoms with E-state index in [1.807, 2.05) is 6.07 Å². The largest absolute Gasteiger partial charge is 0.481 e. The summed E-state index contributed by atoms with van der Waals surface area (Å²) in [4.78, 5) is 23.6. The molecule has 1 aliphatic heterocycles. The minimum absolute atomic E-state index is 0.266. The molecule has 0 aromatic rings. The maximum absolute atomic E-state index is 11.4. The zero-order valence-electron chi connectivity index (χ0n) is 8.43. The zero-order chi connectivity index (χ0) is 11.4. The molecule has 0 saturated carbocycles. The molecule has 0 aliphatic carbocycles. The molecular weight excluding hydrogens is 198 g/mol. The molecule has 1 aliphatic rings. The van der Waals surface area contributed by atoms with Crippen LogP contribution in [0.3, 0.4) is 0 Å².